The lowest BCUT2D eigenvalue weighted by atomic mass is 9.82. The summed E-state index contributed by atoms with van der Waals surface area (Å²) >= 11 is 5.82. The van der Waals surface area contributed by atoms with E-state index in [0.717, 1.165) is 6.07 Å². The summed E-state index contributed by atoms with van der Waals surface area (Å²) in [4.78, 5) is 6.75. The summed E-state index contributed by atoms with van der Waals surface area (Å²) in [6.07, 6.45) is -1.53. The molecule has 1 aromatic heterocycles. The first-order chi connectivity index (χ1) is 12.5. The molecule has 1 atom stereocenters. The largest absolute Gasteiger partial charge is 0.365 e. The number of nitrogens with zero attached hydrogens (tertiary/aromatic N) is 1. The minimum atomic E-state index is -4.09. The maximum Gasteiger partial charge on any atom is 0.280 e. The van der Waals surface area contributed by atoms with E-state index in [0.29, 0.717) is 5.56 Å². The quantitative estimate of drug-likeness (QED) is 0.663. The Morgan fingerprint density at radius 2 is 2.07 bits per heavy atom. The maximum absolute atomic E-state index is 13.5. The Bertz CT molecular complexity index is 958. The Morgan fingerprint density at radius 1 is 1.41 bits per heavy atom. The standard InChI is InChI=1S/C16H15Cl2F3N2O3S/c1-8-15(27(18,24)25)23-14(22-8)13(10-2-3-12(19)11(17)4-10)26-7-9-5-16(20,21)6-9/h2-4,9,13H,5-7H2,1H3,(H,22,23). The highest BCUT2D eigenvalue weighted by Gasteiger charge is 2.45. The first-order valence-corrected chi connectivity index (χ1v) is 10.6. The maximum atomic E-state index is 13.5. The highest BCUT2D eigenvalue weighted by atomic mass is 35.7. The number of ether oxygens (including phenoxy) is 1. The monoisotopic (exact) mass is 442 g/mol. The Kier molecular flexibility index (Phi) is 5.51. The molecule has 1 aromatic carbocycles. The highest BCUT2D eigenvalue weighted by Crippen LogP contribution is 2.43. The fraction of sp³-hybridized carbons (Fsp3) is 0.438. The molecule has 2 aromatic rings. The van der Waals surface area contributed by atoms with Crippen LogP contribution in [0.15, 0.2) is 23.2 Å². The minimum Gasteiger partial charge on any atom is -0.365 e. The smallest absolute Gasteiger partial charge is 0.280 e. The molecule has 1 N–H and O–H groups in total. The third kappa shape index (κ3) is 4.59. The summed E-state index contributed by atoms with van der Waals surface area (Å²) in [5.41, 5.74) is 0.580. The van der Waals surface area contributed by atoms with Crippen LogP contribution in [0.4, 0.5) is 13.2 Å². The van der Waals surface area contributed by atoms with Gasteiger partial charge in [-0.25, -0.2) is 26.6 Å². The van der Waals surface area contributed by atoms with Crippen molar-refractivity contribution in [2.45, 2.75) is 36.8 Å². The third-order valence-corrected chi connectivity index (χ3v) is 5.84. The fourth-order valence-corrected chi connectivity index (χ4v) is 4.24. The number of alkyl halides is 2. The van der Waals surface area contributed by atoms with E-state index >= 15 is 0 Å². The molecule has 148 valence electrons. The van der Waals surface area contributed by atoms with Crippen LogP contribution >= 0.6 is 22.3 Å². The van der Waals surface area contributed by atoms with Gasteiger partial charge in [-0.1, -0.05) is 17.7 Å². The van der Waals surface area contributed by atoms with Crippen LogP contribution in [0.2, 0.25) is 5.02 Å². The van der Waals surface area contributed by atoms with Gasteiger partial charge in [0, 0.05) is 23.5 Å². The number of aromatic amines is 1. The summed E-state index contributed by atoms with van der Waals surface area (Å²) in [5, 5.41) is -0.527. The molecule has 1 aliphatic rings. The Hall–Kier alpha value is -1.29. The lowest BCUT2D eigenvalue weighted by Gasteiger charge is -2.35. The molecule has 1 unspecified atom stereocenters. The number of imidazole rings is 1. The second-order valence-electron chi connectivity index (χ2n) is 6.51. The molecule has 1 aliphatic carbocycles. The minimum absolute atomic E-state index is 0.00203. The molecule has 27 heavy (non-hydrogen) atoms. The van der Waals surface area contributed by atoms with Crippen LogP contribution in [0.5, 0.6) is 0 Å². The number of hydrogen-bond donors (Lipinski definition) is 1. The van der Waals surface area contributed by atoms with Gasteiger partial charge in [0.1, 0.15) is 17.7 Å². The molecule has 0 bridgehead atoms. The summed E-state index contributed by atoms with van der Waals surface area (Å²) in [6, 6.07) is 3.83. The molecule has 1 fully saturated rings. The van der Waals surface area contributed by atoms with Gasteiger partial charge >= 0.3 is 0 Å². The summed E-state index contributed by atoms with van der Waals surface area (Å²) < 4.78 is 68.5. The zero-order valence-corrected chi connectivity index (χ0v) is 16.3. The number of rotatable bonds is 6. The van der Waals surface area contributed by atoms with E-state index in [1.54, 1.807) is 0 Å². The summed E-state index contributed by atoms with van der Waals surface area (Å²) in [5.74, 6) is -3.58. The Balaban J connectivity index is 1.91. The van der Waals surface area contributed by atoms with E-state index in [4.69, 9.17) is 27.0 Å². The normalized spacial score (nSPS) is 18.3. The van der Waals surface area contributed by atoms with E-state index in [9.17, 15) is 21.6 Å². The zero-order valence-electron chi connectivity index (χ0n) is 14.0. The Labute approximate surface area is 163 Å². The topological polar surface area (TPSA) is 72.0 Å². The summed E-state index contributed by atoms with van der Waals surface area (Å²) in [6.45, 7) is 1.46. The van der Waals surface area contributed by atoms with Crippen molar-refractivity contribution in [1.29, 1.82) is 0 Å². The Morgan fingerprint density at radius 3 is 2.59 bits per heavy atom. The molecular formula is C16H15Cl2F3N2O3S. The SMILES string of the molecule is Cc1[nH]c(C(OCC2CC(F)(F)C2)c2ccc(F)c(Cl)c2)nc1S(=O)(=O)Cl. The summed E-state index contributed by atoms with van der Waals surface area (Å²) in [7, 11) is 1.26. The fourth-order valence-electron chi connectivity index (χ4n) is 2.97. The van der Waals surface area contributed by atoms with Crippen LogP contribution < -0.4 is 0 Å². The first-order valence-electron chi connectivity index (χ1n) is 7.92. The number of halogens is 5. The average Bonchev–Trinajstić information content (AvgIpc) is 2.91. The van der Waals surface area contributed by atoms with E-state index in [2.05, 4.69) is 9.97 Å². The van der Waals surface area contributed by atoms with Crippen molar-refractivity contribution in [2.75, 3.05) is 6.61 Å². The van der Waals surface area contributed by atoms with Gasteiger partial charge in [-0.15, -0.1) is 0 Å². The van der Waals surface area contributed by atoms with Gasteiger partial charge < -0.3 is 9.72 Å². The molecular weight excluding hydrogens is 428 g/mol. The van der Waals surface area contributed by atoms with Crippen molar-refractivity contribution >= 4 is 31.3 Å². The first kappa shape index (κ1) is 20.4. The van der Waals surface area contributed by atoms with Crippen molar-refractivity contribution < 1.29 is 26.3 Å². The van der Waals surface area contributed by atoms with E-state index in [-0.39, 0.29) is 46.9 Å². The number of aryl methyl sites for hydroxylation is 1. The second-order valence-corrected chi connectivity index (χ2v) is 9.40. The zero-order chi connectivity index (χ0) is 20.0. The second kappa shape index (κ2) is 7.27. The molecule has 0 aliphatic heterocycles. The van der Waals surface area contributed by atoms with Gasteiger partial charge in [-0.05, 0) is 30.5 Å². The molecule has 0 radical (unpaired) electrons. The molecule has 11 heteroatoms. The lowest BCUT2D eigenvalue weighted by Crippen LogP contribution is -2.38. The van der Waals surface area contributed by atoms with Gasteiger partial charge in [0.05, 0.1) is 17.3 Å². The number of aromatic nitrogens is 2. The number of benzene rings is 1. The predicted octanol–water partition coefficient (Wildman–Crippen LogP) is 4.59. The van der Waals surface area contributed by atoms with Crippen molar-refractivity contribution in [1.82, 2.24) is 9.97 Å². The van der Waals surface area contributed by atoms with Crippen LogP contribution in [0.3, 0.4) is 0 Å². The van der Waals surface area contributed by atoms with E-state index in [1.807, 2.05) is 0 Å². The van der Waals surface area contributed by atoms with Gasteiger partial charge in [0.15, 0.2) is 5.03 Å². The number of hydrogen-bond acceptors (Lipinski definition) is 4. The van der Waals surface area contributed by atoms with Crippen molar-refractivity contribution in [3.8, 4) is 0 Å². The van der Waals surface area contributed by atoms with Gasteiger partial charge in [-0.2, -0.15) is 0 Å². The predicted molar refractivity (Wildman–Crippen MR) is 93.2 cm³/mol. The molecule has 1 heterocycles. The number of H-pyrrole nitrogens is 1. The molecule has 1 saturated carbocycles. The highest BCUT2D eigenvalue weighted by molar-refractivity contribution is 8.13. The molecule has 3 rings (SSSR count). The van der Waals surface area contributed by atoms with Gasteiger partial charge in [-0.3, -0.25) is 0 Å². The molecule has 0 saturated heterocycles. The van der Waals surface area contributed by atoms with Crippen LogP contribution in [-0.4, -0.2) is 30.9 Å². The van der Waals surface area contributed by atoms with Crippen LogP contribution in [-0.2, 0) is 13.8 Å². The van der Waals surface area contributed by atoms with Gasteiger partial charge in [0.25, 0.3) is 9.05 Å². The van der Waals surface area contributed by atoms with Crippen molar-refractivity contribution in [2.24, 2.45) is 5.92 Å². The third-order valence-electron chi connectivity index (χ3n) is 4.26. The average molecular weight is 443 g/mol. The van der Waals surface area contributed by atoms with Crippen LogP contribution in [0.25, 0.3) is 0 Å². The molecule has 5 nitrogen and oxygen atoms in total. The molecule has 0 spiro atoms. The number of nitrogens with one attached hydrogen (secondary N) is 1. The lowest BCUT2D eigenvalue weighted by molar-refractivity contribution is -0.133. The van der Waals surface area contributed by atoms with Gasteiger partial charge in [0.2, 0.25) is 5.92 Å². The van der Waals surface area contributed by atoms with Crippen molar-refractivity contribution in [3.63, 3.8) is 0 Å². The molecule has 0 amide bonds. The van der Waals surface area contributed by atoms with E-state index < -0.39 is 26.9 Å². The van der Waals surface area contributed by atoms with Crippen molar-refractivity contribution in [3.05, 3.63) is 46.1 Å². The van der Waals surface area contributed by atoms with E-state index in [1.165, 1.54) is 19.1 Å². The van der Waals surface area contributed by atoms with Crippen LogP contribution in [0.1, 0.15) is 36.0 Å². The van der Waals surface area contributed by atoms with Crippen LogP contribution in [0, 0.1) is 18.7 Å².